The number of nitrogens with two attached hydrogens (primary N) is 2. The molecule has 0 bridgehead atoms. The minimum Gasteiger partial charge on any atom is -0.480 e. The van der Waals surface area contributed by atoms with Crippen molar-refractivity contribution >= 4 is 17.8 Å². The molecular formula is C9H17N3O4. The van der Waals surface area contributed by atoms with E-state index in [4.69, 9.17) is 16.6 Å². The number of nitrogens with one attached hydrogen (secondary N) is 1. The Bertz CT molecular complexity index is 280. The van der Waals surface area contributed by atoms with Crippen LogP contribution in [0.4, 0.5) is 0 Å². The summed E-state index contributed by atoms with van der Waals surface area (Å²) in [5.74, 6) is -2.37. The third-order valence-corrected chi connectivity index (χ3v) is 1.96. The standard InChI is InChI=1S/C9H17N3O4/c1-2-3-7(13)12-6(8(11)14)4-5(10)9(15)16/h5-6H,2-4,10H2,1H3,(H2,11,14)(H,12,13)(H,15,16)/t5?,6-/m0/s1. The summed E-state index contributed by atoms with van der Waals surface area (Å²) in [5.41, 5.74) is 10.3. The molecule has 6 N–H and O–H groups in total. The molecule has 1 unspecified atom stereocenters. The Morgan fingerprint density at radius 1 is 1.38 bits per heavy atom. The van der Waals surface area contributed by atoms with Gasteiger partial charge in [-0.15, -0.1) is 0 Å². The number of carboxylic acids is 1. The van der Waals surface area contributed by atoms with Crippen LogP contribution < -0.4 is 16.8 Å². The third kappa shape index (κ3) is 5.30. The highest BCUT2D eigenvalue weighted by atomic mass is 16.4. The van der Waals surface area contributed by atoms with Crippen LogP contribution in [0.2, 0.25) is 0 Å². The van der Waals surface area contributed by atoms with Gasteiger partial charge in [0, 0.05) is 12.8 Å². The van der Waals surface area contributed by atoms with Gasteiger partial charge in [0.2, 0.25) is 11.8 Å². The number of aliphatic carboxylic acids is 1. The second kappa shape index (κ2) is 6.78. The van der Waals surface area contributed by atoms with Gasteiger partial charge < -0.3 is 21.9 Å². The van der Waals surface area contributed by atoms with Gasteiger partial charge in [-0.25, -0.2) is 0 Å². The van der Waals surface area contributed by atoms with Gasteiger partial charge in [0.1, 0.15) is 12.1 Å². The lowest BCUT2D eigenvalue weighted by Gasteiger charge is -2.17. The molecule has 16 heavy (non-hydrogen) atoms. The molecule has 0 aliphatic carbocycles. The molecule has 0 rings (SSSR count). The van der Waals surface area contributed by atoms with E-state index >= 15 is 0 Å². The van der Waals surface area contributed by atoms with Crippen molar-refractivity contribution in [2.24, 2.45) is 11.5 Å². The number of carbonyl (C=O) groups is 3. The van der Waals surface area contributed by atoms with Gasteiger partial charge in [0.15, 0.2) is 0 Å². The molecule has 0 aliphatic heterocycles. The Morgan fingerprint density at radius 3 is 2.31 bits per heavy atom. The average Bonchev–Trinajstić information content (AvgIpc) is 2.16. The van der Waals surface area contributed by atoms with E-state index in [0.29, 0.717) is 6.42 Å². The number of carbonyl (C=O) groups excluding carboxylic acids is 2. The molecule has 0 heterocycles. The lowest BCUT2D eigenvalue weighted by molar-refractivity contribution is -0.139. The lowest BCUT2D eigenvalue weighted by atomic mass is 10.1. The van der Waals surface area contributed by atoms with Crippen molar-refractivity contribution in [3.63, 3.8) is 0 Å². The highest BCUT2D eigenvalue weighted by Crippen LogP contribution is 1.98. The maximum Gasteiger partial charge on any atom is 0.320 e. The summed E-state index contributed by atoms with van der Waals surface area (Å²) in [4.78, 5) is 32.6. The molecule has 0 saturated carbocycles. The average molecular weight is 231 g/mol. The van der Waals surface area contributed by atoms with E-state index in [0.717, 1.165) is 0 Å². The Hall–Kier alpha value is -1.63. The quantitative estimate of drug-likeness (QED) is 0.425. The van der Waals surface area contributed by atoms with Crippen molar-refractivity contribution in [1.82, 2.24) is 5.32 Å². The monoisotopic (exact) mass is 231 g/mol. The van der Waals surface area contributed by atoms with Gasteiger partial charge in [-0.1, -0.05) is 6.92 Å². The van der Waals surface area contributed by atoms with Crippen LogP contribution in [0.15, 0.2) is 0 Å². The highest BCUT2D eigenvalue weighted by Gasteiger charge is 2.24. The Kier molecular flexibility index (Phi) is 6.09. The first-order valence-corrected chi connectivity index (χ1v) is 4.95. The van der Waals surface area contributed by atoms with Crippen LogP contribution in [0.25, 0.3) is 0 Å². The second-order valence-electron chi connectivity index (χ2n) is 3.45. The fourth-order valence-corrected chi connectivity index (χ4v) is 1.09. The van der Waals surface area contributed by atoms with Crippen LogP contribution in [-0.2, 0) is 14.4 Å². The maximum atomic E-state index is 11.2. The summed E-state index contributed by atoms with van der Waals surface area (Å²) in [6, 6.07) is -2.26. The zero-order chi connectivity index (χ0) is 12.7. The van der Waals surface area contributed by atoms with Crippen molar-refractivity contribution in [2.45, 2.75) is 38.3 Å². The smallest absolute Gasteiger partial charge is 0.320 e. The van der Waals surface area contributed by atoms with Gasteiger partial charge in [0.05, 0.1) is 0 Å². The summed E-state index contributed by atoms with van der Waals surface area (Å²) >= 11 is 0. The van der Waals surface area contributed by atoms with E-state index in [2.05, 4.69) is 5.32 Å². The zero-order valence-corrected chi connectivity index (χ0v) is 9.10. The summed E-state index contributed by atoms with van der Waals surface area (Å²) in [6.07, 6.45) is 0.675. The second-order valence-corrected chi connectivity index (χ2v) is 3.45. The lowest BCUT2D eigenvalue weighted by Crippen LogP contribution is -2.49. The van der Waals surface area contributed by atoms with Gasteiger partial charge in [0.25, 0.3) is 0 Å². The molecule has 7 heteroatoms. The van der Waals surface area contributed by atoms with Gasteiger partial charge in [-0.2, -0.15) is 0 Å². The number of amides is 2. The summed E-state index contributed by atoms with van der Waals surface area (Å²) in [6.45, 7) is 1.81. The summed E-state index contributed by atoms with van der Waals surface area (Å²) in [5, 5.41) is 10.9. The zero-order valence-electron chi connectivity index (χ0n) is 9.10. The minimum absolute atomic E-state index is 0.208. The molecule has 0 aromatic heterocycles. The van der Waals surface area contributed by atoms with Crippen LogP contribution in [-0.4, -0.2) is 35.0 Å². The van der Waals surface area contributed by atoms with Crippen LogP contribution in [0.3, 0.4) is 0 Å². The first-order chi connectivity index (χ1) is 7.38. The predicted molar refractivity (Wildman–Crippen MR) is 56.3 cm³/mol. The largest absolute Gasteiger partial charge is 0.480 e. The van der Waals surface area contributed by atoms with Gasteiger partial charge in [-0.3, -0.25) is 14.4 Å². The fourth-order valence-electron chi connectivity index (χ4n) is 1.09. The number of carboxylic acid groups (broad SMARTS) is 1. The van der Waals surface area contributed by atoms with E-state index in [-0.39, 0.29) is 18.7 Å². The summed E-state index contributed by atoms with van der Waals surface area (Å²) < 4.78 is 0. The number of primary amides is 1. The number of hydrogen-bond donors (Lipinski definition) is 4. The molecule has 0 aromatic rings. The molecule has 2 atom stereocenters. The molecule has 2 amide bonds. The third-order valence-electron chi connectivity index (χ3n) is 1.96. The van der Waals surface area contributed by atoms with E-state index in [1.54, 1.807) is 0 Å². The molecule has 0 fully saturated rings. The van der Waals surface area contributed by atoms with E-state index < -0.39 is 24.0 Å². The molecular weight excluding hydrogens is 214 g/mol. The fraction of sp³-hybridized carbons (Fsp3) is 0.667. The maximum absolute atomic E-state index is 11.2. The van der Waals surface area contributed by atoms with Crippen LogP contribution >= 0.6 is 0 Å². The van der Waals surface area contributed by atoms with E-state index in [9.17, 15) is 14.4 Å². The topological polar surface area (TPSA) is 136 Å². The van der Waals surface area contributed by atoms with Gasteiger partial charge in [-0.05, 0) is 6.42 Å². The first kappa shape index (κ1) is 14.4. The van der Waals surface area contributed by atoms with E-state index in [1.807, 2.05) is 6.92 Å². The Balaban J connectivity index is 4.34. The molecule has 7 nitrogen and oxygen atoms in total. The van der Waals surface area contributed by atoms with Crippen LogP contribution in [0.1, 0.15) is 26.2 Å². The van der Waals surface area contributed by atoms with Crippen molar-refractivity contribution in [2.75, 3.05) is 0 Å². The normalized spacial score (nSPS) is 13.9. The van der Waals surface area contributed by atoms with Gasteiger partial charge >= 0.3 is 5.97 Å². The van der Waals surface area contributed by atoms with E-state index in [1.165, 1.54) is 0 Å². The SMILES string of the molecule is CCCC(=O)N[C@@H](CC(N)C(=O)O)C(N)=O. The molecule has 0 spiro atoms. The van der Waals surface area contributed by atoms with Crippen LogP contribution in [0.5, 0.6) is 0 Å². The number of hydrogen-bond acceptors (Lipinski definition) is 4. The van der Waals surface area contributed by atoms with Crippen molar-refractivity contribution in [3.8, 4) is 0 Å². The predicted octanol–water partition coefficient (Wildman–Crippen LogP) is -1.44. The number of rotatable bonds is 7. The van der Waals surface area contributed by atoms with Crippen molar-refractivity contribution in [1.29, 1.82) is 0 Å². The van der Waals surface area contributed by atoms with Crippen molar-refractivity contribution in [3.05, 3.63) is 0 Å². The van der Waals surface area contributed by atoms with Crippen molar-refractivity contribution < 1.29 is 19.5 Å². The molecule has 0 aliphatic rings. The Labute approximate surface area is 93.2 Å². The Morgan fingerprint density at radius 2 is 1.94 bits per heavy atom. The first-order valence-electron chi connectivity index (χ1n) is 4.95. The van der Waals surface area contributed by atoms with Crippen LogP contribution in [0, 0.1) is 0 Å². The highest BCUT2D eigenvalue weighted by molar-refractivity contribution is 5.87. The molecule has 0 saturated heterocycles. The molecule has 0 radical (unpaired) electrons. The molecule has 92 valence electrons. The summed E-state index contributed by atoms with van der Waals surface area (Å²) in [7, 11) is 0. The minimum atomic E-state index is -1.24. The molecule has 0 aromatic carbocycles.